The van der Waals surface area contributed by atoms with E-state index in [9.17, 15) is 4.79 Å². The number of nitrogens with two attached hydrogens (primary N) is 1. The average Bonchev–Trinajstić information content (AvgIpc) is 2.69. The van der Waals surface area contributed by atoms with Crippen LogP contribution in [0.4, 0.5) is 0 Å². The third-order valence-electron chi connectivity index (χ3n) is 5.91. The first-order valence-electron chi connectivity index (χ1n) is 10.4. The van der Waals surface area contributed by atoms with Gasteiger partial charge in [-0.1, -0.05) is 44.2 Å². The zero-order chi connectivity index (χ0) is 19.7. The number of piperidine rings is 1. The Hall–Kier alpha value is -1.31. The summed E-state index contributed by atoms with van der Waals surface area (Å²) in [5.74, 6) is 1.09. The number of likely N-dealkylation sites (tertiary alicyclic amines) is 1. The van der Waals surface area contributed by atoms with Crippen LogP contribution in [-0.2, 0) is 10.2 Å². The van der Waals surface area contributed by atoms with Crippen molar-refractivity contribution in [3.05, 3.63) is 35.9 Å². The fourth-order valence-electron chi connectivity index (χ4n) is 4.13. The van der Waals surface area contributed by atoms with Gasteiger partial charge in [0, 0.05) is 31.5 Å². The Kier molecular flexibility index (Phi) is 10.9. The van der Waals surface area contributed by atoms with Gasteiger partial charge in [-0.2, -0.15) is 0 Å². The molecule has 1 unspecified atom stereocenters. The van der Waals surface area contributed by atoms with E-state index in [4.69, 9.17) is 10.7 Å². The first kappa shape index (κ1) is 24.7. The summed E-state index contributed by atoms with van der Waals surface area (Å²) in [5.41, 5.74) is 6.84. The zero-order valence-electron chi connectivity index (χ0n) is 17.6. The Labute approximate surface area is 187 Å². The summed E-state index contributed by atoms with van der Waals surface area (Å²) in [4.78, 5) is 18.7. The molecule has 1 amide bonds. The molecule has 1 atom stereocenters. The van der Waals surface area contributed by atoms with Gasteiger partial charge in [-0.15, -0.1) is 24.0 Å². The molecule has 1 aliphatic rings. The summed E-state index contributed by atoms with van der Waals surface area (Å²) in [5, 5.41) is 3.46. The quantitative estimate of drug-likeness (QED) is 0.323. The van der Waals surface area contributed by atoms with E-state index >= 15 is 0 Å². The molecule has 2 rings (SSSR count). The first-order chi connectivity index (χ1) is 13.0. The van der Waals surface area contributed by atoms with Crippen LogP contribution in [0.3, 0.4) is 0 Å². The highest BCUT2D eigenvalue weighted by Gasteiger charge is 2.29. The van der Waals surface area contributed by atoms with Crippen molar-refractivity contribution in [2.75, 3.05) is 26.2 Å². The van der Waals surface area contributed by atoms with Crippen molar-refractivity contribution in [3.63, 3.8) is 0 Å². The van der Waals surface area contributed by atoms with Crippen molar-refractivity contribution < 1.29 is 4.79 Å². The lowest BCUT2D eigenvalue weighted by atomic mass is 9.76. The van der Waals surface area contributed by atoms with E-state index in [0.717, 1.165) is 57.8 Å². The number of aliphatic imine (C=N–C) groups is 1. The normalized spacial score (nSPS) is 17.8. The minimum absolute atomic E-state index is 0. The van der Waals surface area contributed by atoms with Crippen molar-refractivity contribution in [2.24, 2.45) is 16.6 Å². The average molecular weight is 500 g/mol. The van der Waals surface area contributed by atoms with E-state index in [2.05, 4.69) is 61.3 Å². The van der Waals surface area contributed by atoms with Crippen LogP contribution >= 0.6 is 24.0 Å². The first-order valence-corrected chi connectivity index (χ1v) is 10.4. The molecule has 1 aliphatic heterocycles. The summed E-state index contributed by atoms with van der Waals surface area (Å²) >= 11 is 0. The second-order valence-electron chi connectivity index (χ2n) is 7.65. The van der Waals surface area contributed by atoms with Crippen LogP contribution in [0.5, 0.6) is 0 Å². The van der Waals surface area contributed by atoms with Gasteiger partial charge < -0.3 is 16.0 Å². The number of nitrogens with one attached hydrogen (secondary N) is 1. The molecule has 1 fully saturated rings. The van der Waals surface area contributed by atoms with Crippen molar-refractivity contribution in [1.29, 1.82) is 0 Å². The molecule has 0 spiro atoms. The predicted octanol–water partition coefficient (Wildman–Crippen LogP) is 3.92. The lowest BCUT2D eigenvalue weighted by Crippen LogP contribution is -2.47. The van der Waals surface area contributed by atoms with Crippen LogP contribution in [0.1, 0.15) is 58.4 Å². The number of amides is 1. The molecule has 0 bridgehead atoms. The molecule has 158 valence electrons. The van der Waals surface area contributed by atoms with Crippen molar-refractivity contribution in [2.45, 2.75) is 58.3 Å². The Morgan fingerprint density at radius 2 is 1.93 bits per heavy atom. The number of guanidine groups is 1. The van der Waals surface area contributed by atoms with E-state index in [1.54, 1.807) is 0 Å². The highest BCUT2D eigenvalue weighted by Crippen LogP contribution is 2.32. The number of nitrogens with zero attached hydrogens (tertiary/aromatic N) is 2. The van der Waals surface area contributed by atoms with Crippen molar-refractivity contribution in [1.82, 2.24) is 10.2 Å². The van der Waals surface area contributed by atoms with E-state index in [1.807, 2.05) is 0 Å². The van der Waals surface area contributed by atoms with Gasteiger partial charge >= 0.3 is 0 Å². The highest BCUT2D eigenvalue weighted by molar-refractivity contribution is 14.0. The molecule has 5 nitrogen and oxygen atoms in total. The molecule has 1 saturated heterocycles. The maximum Gasteiger partial charge on any atom is 0.217 e. The fourth-order valence-corrected chi connectivity index (χ4v) is 4.13. The topological polar surface area (TPSA) is 70.7 Å². The van der Waals surface area contributed by atoms with Gasteiger partial charge in [-0.3, -0.25) is 9.79 Å². The lowest BCUT2D eigenvalue weighted by Gasteiger charge is -2.36. The summed E-state index contributed by atoms with van der Waals surface area (Å²) in [6.45, 7) is 10.1. The van der Waals surface area contributed by atoms with Gasteiger partial charge in [0.1, 0.15) is 0 Å². The van der Waals surface area contributed by atoms with Crippen molar-refractivity contribution in [3.8, 4) is 0 Å². The van der Waals surface area contributed by atoms with Crippen LogP contribution < -0.4 is 11.1 Å². The zero-order valence-corrected chi connectivity index (χ0v) is 19.9. The number of rotatable bonds is 8. The van der Waals surface area contributed by atoms with Gasteiger partial charge in [0.2, 0.25) is 5.91 Å². The molecule has 3 N–H and O–H groups in total. The molecule has 1 heterocycles. The van der Waals surface area contributed by atoms with Crippen molar-refractivity contribution >= 4 is 35.8 Å². The summed E-state index contributed by atoms with van der Waals surface area (Å²) in [7, 11) is 0. The largest absolute Gasteiger partial charge is 0.370 e. The molecule has 1 aromatic rings. The lowest BCUT2D eigenvalue weighted by molar-refractivity contribution is -0.119. The number of halogens is 1. The summed E-state index contributed by atoms with van der Waals surface area (Å²) < 4.78 is 0. The number of benzene rings is 1. The monoisotopic (exact) mass is 500 g/mol. The van der Waals surface area contributed by atoms with Gasteiger partial charge in [-0.25, -0.2) is 0 Å². The molecule has 28 heavy (non-hydrogen) atoms. The van der Waals surface area contributed by atoms with Crippen LogP contribution in [0.2, 0.25) is 0 Å². The van der Waals surface area contributed by atoms with Gasteiger partial charge in [-0.05, 0) is 44.1 Å². The second kappa shape index (κ2) is 12.3. The van der Waals surface area contributed by atoms with Gasteiger partial charge in [0.15, 0.2) is 5.96 Å². The van der Waals surface area contributed by atoms with Crippen LogP contribution in [-0.4, -0.2) is 42.9 Å². The Balaban J connectivity index is 0.00000392. The number of hydrogen-bond donors (Lipinski definition) is 2. The fraction of sp³-hybridized carbons (Fsp3) is 0.636. The summed E-state index contributed by atoms with van der Waals surface area (Å²) in [6, 6.07) is 10.7. The van der Waals surface area contributed by atoms with Crippen LogP contribution in [0.15, 0.2) is 35.3 Å². The van der Waals surface area contributed by atoms with E-state index in [0.29, 0.717) is 12.3 Å². The van der Waals surface area contributed by atoms with E-state index in [1.165, 1.54) is 5.56 Å². The smallest absolute Gasteiger partial charge is 0.217 e. The molecule has 0 aromatic heterocycles. The highest BCUT2D eigenvalue weighted by atomic mass is 127. The maximum atomic E-state index is 11.3. The van der Waals surface area contributed by atoms with Gasteiger partial charge in [0.05, 0.1) is 6.54 Å². The SMILES string of the molecule is CCNC(=NCC(CC)(CC)c1ccccc1)N1CCCC(CC(N)=O)C1.I. The standard InChI is InChI=1S/C22H36N4O.HI/c1-4-22(5-2,19-12-8-7-9-13-19)17-25-21(24-6-3)26-14-10-11-18(16-26)15-20(23)27;/h7-9,12-13,18H,4-6,10-11,14-17H2,1-3H3,(H2,23,27)(H,24,25);1H. The Morgan fingerprint density at radius 1 is 1.25 bits per heavy atom. The van der Waals surface area contributed by atoms with Crippen LogP contribution in [0.25, 0.3) is 0 Å². The molecule has 0 radical (unpaired) electrons. The molecule has 1 aromatic carbocycles. The Bertz CT molecular complexity index is 616. The second-order valence-corrected chi connectivity index (χ2v) is 7.65. The molecule has 0 aliphatic carbocycles. The number of carbonyl (C=O) groups is 1. The maximum absolute atomic E-state index is 11.3. The molecular weight excluding hydrogens is 463 g/mol. The van der Waals surface area contributed by atoms with Gasteiger partial charge in [0.25, 0.3) is 0 Å². The Morgan fingerprint density at radius 3 is 2.50 bits per heavy atom. The van der Waals surface area contributed by atoms with Crippen LogP contribution in [0, 0.1) is 5.92 Å². The molecule has 6 heteroatoms. The number of hydrogen-bond acceptors (Lipinski definition) is 2. The number of primary amides is 1. The van der Waals surface area contributed by atoms with E-state index in [-0.39, 0.29) is 35.3 Å². The molecule has 0 saturated carbocycles. The molecular formula is C22H37IN4O. The third-order valence-corrected chi connectivity index (χ3v) is 5.91. The number of carbonyl (C=O) groups excluding carboxylic acids is 1. The summed E-state index contributed by atoms with van der Waals surface area (Å²) in [6.07, 6.45) is 4.72. The van der Waals surface area contributed by atoms with E-state index < -0.39 is 0 Å². The minimum Gasteiger partial charge on any atom is -0.370 e. The minimum atomic E-state index is -0.205. The predicted molar refractivity (Wildman–Crippen MR) is 128 cm³/mol. The third kappa shape index (κ3) is 6.64.